The summed E-state index contributed by atoms with van der Waals surface area (Å²) < 4.78 is 4.92. The van der Waals surface area contributed by atoms with Crippen molar-refractivity contribution < 1.29 is 9.53 Å². The van der Waals surface area contributed by atoms with Crippen LogP contribution in [0.15, 0.2) is 0 Å². The molecule has 2 nitrogen and oxygen atoms in total. The summed E-state index contributed by atoms with van der Waals surface area (Å²) in [6.07, 6.45) is 5.84. The second-order valence-corrected chi connectivity index (χ2v) is 3.01. The van der Waals surface area contributed by atoms with E-state index in [-0.39, 0.29) is 6.10 Å². The highest BCUT2D eigenvalue weighted by molar-refractivity contribution is 7.96. The number of hydrogen-bond acceptors (Lipinski definition) is 2. The third-order valence-corrected chi connectivity index (χ3v) is 1.93. The maximum absolute atomic E-state index is 10.4. The van der Waals surface area contributed by atoms with Gasteiger partial charge in [0.15, 0.2) is 0 Å². The molecule has 0 radical (unpaired) electrons. The lowest BCUT2D eigenvalue weighted by atomic mass is 9.98. The maximum Gasteiger partial charge on any atom is 0.364 e. The SMILES string of the molecule is O=C(S)OC1CCCCC1. The number of carbonyl (C=O) groups is 1. The lowest BCUT2D eigenvalue weighted by Gasteiger charge is -2.20. The standard InChI is InChI=1S/C7H12O2S/c8-7(10)9-6-4-2-1-3-5-6/h6H,1-5H2,(H,8,10). The Morgan fingerprint density at radius 2 is 1.90 bits per heavy atom. The quantitative estimate of drug-likeness (QED) is 0.471. The van der Waals surface area contributed by atoms with E-state index in [1.807, 2.05) is 0 Å². The van der Waals surface area contributed by atoms with Crippen LogP contribution in [0.3, 0.4) is 0 Å². The predicted molar refractivity (Wildman–Crippen MR) is 42.3 cm³/mol. The molecule has 58 valence electrons. The highest BCUT2D eigenvalue weighted by Gasteiger charge is 2.15. The van der Waals surface area contributed by atoms with Crippen molar-refractivity contribution in [3.63, 3.8) is 0 Å². The molecule has 1 rings (SSSR count). The normalized spacial score (nSPS) is 20.5. The summed E-state index contributed by atoms with van der Waals surface area (Å²) >= 11 is 3.55. The van der Waals surface area contributed by atoms with Crippen LogP contribution in [-0.2, 0) is 4.74 Å². The molecule has 0 spiro atoms. The molecule has 1 saturated carbocycles. The van der Waals surface area contributed by atoms with Crippen molar-refractivity contribution in [1.29, 1.82) is 0 Å². The summed E-state index contributed by atoms with van der Waals surface area (Å²) in [5.41, 5.74) is 0. The average Bonchev–Trinajstić information content (AvgIpc) is 1.88. The molecular formula is C7H12O2S. The molecular weight excluding hydrogens is 148 g/mol. The Kier molecular flexibility index (Phi) is 3.06. The van der Waals surface area contributed by atoms with Gasteiger partial charge in [-0.15, -0.1) is 0 Å². The van der Waals surface area contributed by atoms with Gasteiger partial charge in [-0.2, -0.15) is 0 Å². The van der Waals surface area contributed by atoms with Gasteiger partial charge in [-0.3, -0.25) is 0 Å². The molecule has 0 aromatic heterocycles. The first kappa shape index (κ1) is 7.92. The van der Waals surface area contributed by atoms with Gasteiger partial charge in [0, 0.05) is 0 Å². The highest BCUT2D eigenvalue weighted by Crippen LogP contribution is 2.20. The van der Waals surface area contributed by atoms with Gasteiger partial charge in [0.05, 0.1) is 0 Å². The van der Waals surface area contributed by atoms with Crippen LogP contribution in [-0.4, -0.2) is 11.4 Å². The van der Waals surface area contributed by atoms with Crippen molar-refractivity contribution in [3.05, 3.63) is 0 Å². The summed E-state index contributed by atoms with van der Waals surface area (Å²) in [6, 6.07) is 0. The monoisotopic (exact) mass is 160 g/mol. The van der Waals surface area contributed by atoms with Crippen molar-refractivity contribution in [1.82, 2.24) is 0 Å². The lowest BCUT2D eigenvalue weighted by molar-refractivity contribution is 0.0971. The third kappa shape index (κ3) is 2.60. The largest absolute Gasteiger partial charge is 0.454 e. The number of hydrogen-bond donors (Lipinski definition) is 1. The van der Waals surface area contributed by atoms with Crippen molar-refractivity contribution in [2.75, 3.05) is 0 Å². The Labute approximate surface area is 66.4 Å². The molecule has 0 heterocycles. The van der Waals surface area contributed by atoms with Gasteiger partial charge in [-0.1, -0.05) is 19.0 Å². The molecule has 0 N–H and O–H groups in total. The molecule has 0 atom stereocenters. The van der Waals surface area contributed by atoms with Crippen LogP contribution in [0.25, 0.3) is 0 Å². The van der Waals surface area contributed by atoms with Crippen molar-refractivity contribution in [2.24, 2.45) is 0 Å². The van der Waals surface area contributed by atoms with E-state index < -0.39 is 5.30 Å². The molecule has 0 bridgehead atoms. The minimum atomic E-state index is -0.438. The summed E-state index contributed by atoms with van der Waals surface area (Å²) in [6.45, 7) is 0. The zero-order chi connectivity index (χ0) is 7.40. The van der Waals surface area contributed by atoms with E-state index in [0.29, 0.717) is 0 Å². The molecule has 3 heteroatoms. The van der Waals surface area contributed by atoms with Gasteiger partial charge >= 0.3 is 5.30 Å². The van der Waals surface area contributed by atoms with Gasteiger partial charge in [0.2, 0.25) is 0 Å². The Hall–Kier alpha value is -0.180. The van der Waals surface area contributed by atoms with E-state index >= 15 is 0 Å². The Morgan fingerprint density at radius 3 is 2.40 bits per heavy atom. The van der Waals surface area contributed by atoms with Crippen molar-refractivity contribution >= 4 is 17.9 Å². The summed E-state index contributed by atoms with van der Waals surface area (Å²) in [4.78, 5) is 10.4. The maximum atomic E-state index is 10.4. The fourth-order valence-corrected chi connectivity index (χ4v) is 1.47. The van der Waals surface area contributed by atoms with Crippen LogP contribution in [0.5, 0.6) is 0 Å². The second kappa shape index (κ2) is 3.86. The van der Waals surface area contributed by atoms with Crippen LogP contribution in [0.2, 0.25) is 0 Å². The molecule has 1 aliphatic carbocycles. The number of ether oxygens (including phenoxy) is 1. The van der Waals surface area contributed by atoms with Gasteiger partial charge in [-0.05, 0) is 25.7 Å². The van der Waals surface area contributed by atoms with Gasteiger partial charge < -0.3 is 4.74 Å². The van der Waals surface area contributed by atoms with E-state index in [9.17, 15) is 4.79 Å². The van der Waals surface area contributed by atoms with Gasteiger partial charge in [0.1, 0.15) is 6.10 Å². The Bertz CT molecular complexity index is 119. The average molecular weight is 160 g/mol. The van der Waals surface area contributed by atoms with Crippen LogP contribution in [0.1, 0.15) is 32.1 Å². The predicted octanol–water partition coefficient (Wildman–Crippen LogP) is 2.39. The van der Waals surface area contributed by atoms with E-state index in [0.717, 1.165) is 12.8 Å². The molecule has 1 fully saturated rings. The smallest absolute Gasteiger partial charge is 0.364 e. The lowest BCUT2D eigenvalue weighted by Crippen LogP contribution is -2.17. The zero-order valence-corrected chi connectivity index (χ0v) is 6.77. The minimum Gasteiger partial charge on any atom is -0.454 e. The van der Waals surface area contributed by atoms with Gasteiger partial charge in [0.25, 0.3) is 0 Å². The van der Waals surface area contributed by atoms with E-state index in [1.54, 1.807) is 0 Å². The van der Waals surface area contributed by atoms with E-state index in [1.165, 1.54) is 19.3 Å². The molecule has 0 aliphatic heterocycles. The van der Waals surface area contributed by atoms with Crippen LogP contribution < -0.4 is 0 Å². The van der Waals surface area contributed by atoms with Crippen LogP contribution >= 0.6 is 12.6 Å². The summed E-state index contributed by atoms with van der Waals surface area (Å²) in [5, 5.41) is -0.438. The first-order valence-electron chi connectivity index (χ1n) is 3.68. The fourth-order valence-electron chi connectivity index (χ4n) is 1.33. The number of thiol groups is 1. The van der Waals surface area contributed by atoms with E-state index in [2.05, 4.69) is 12.6 Å². The first-order valence-corrected chi connectivity index (χ1v) is 4.13. The van der Waals surface area contributed by atoms with E-state index in [4.69, 9.17) is 4.74 Å². The number of carbonyl (C=O) groups excluding carboxylic acids is 1. The van der Waals surface area contributed by atoms with Crippen LogP contribution in [0.4, 0.5) is 4.79 Å². The topological polar surface area (TPSA) is 26.3 Å². The zero-order valence-electron chi connectivity index (χ0n) is 5.88. The second-order valence-electron chi connectivity index (χ2n) is 2.64. The molecule has 0 aromatic carbocycles. The van der Waals surface area contributed by atoms with Crippen molar-refractivity contribution in [3.8, 4) is 0 Å². The molecule has 0 aromatic rings. The Morgan fingerprint density at radius 1 is 1.30 bits per heavy atom. The fraction of sp³-hybridized carbons (Fsp3) is 0.857. The first-order chi connectivity index (χ1) is 4.79. The third-order valence-electron chi connectivity index (χ3n) is 1.82. The summed E-state index contributed by atoms with van der Waals surface area (Å²) in [7, 11) is 0. The van der Waals surface area contributed by atoms with Crippen LogP contribution in [0, 0.1) is 0 Å². The van der Waals surface area contributed by atoms with Crippen molar-refractivity contribution in [2.45, 2.75) is 38.2 Å². The molecule has 10 heavy (non-hydrogen) atoms. The van der Waals surface area contributed by atoms with Gasteiger partial charge in [-0.25, -0.2) is 4.79 Å². The molecule has 0 saturated heterocycles. The molecule has 1 aliphatic rings. The highest BCUT2D eigenvalue weighted by atomic mass is 32.1. The Balaban J connectivity index is 2.19. The minimum absolute atomic E-state index is 0.152. The molecule has 0 unspecified atom stereocenters. The summed E-state index contributed by atoms with van der Waals surface area (Å²) in [5.74, 6) is 0. The molecule has 0 amide bonds. The number of rotatable bonds is 1.